The van der Waals surface area contributed by atoms with Gasteiger partial charge in [0.15, 0.2) is 0 Å². The summed E-state index contributed by atoms with van der Waals surface area (Å²) in [5, 5.41) is 10.3. The number of hydrogen-bond donors (Lipinski definition) is 1. The topological polar surface area (TPSA) is 29.5 Å². The molecular formula is C17H24O2. The maximum atomic E-state index is 10.3. The molecule has 0 heterocycles. The molecule has 2 fully saturated rings. The predicted molar refractivity (Wildman–Crippen MR) is 76.5 cm³/mol. The first-order valence-corrected chi connectivity index (χ1v) is 7.53. The van der Waals surface area contributed by atoms with Crippen molar-refractivity contribution < 1.29 is 9.84 Å². The lowest BCUT2D eigenvalue weighted by Crippen LogP contribution is -2.13. The van der Waals surface area contributed by atoms with Crippen LogP contribution in [-0.2, 0) is 5.60 Å². The maximum absolute atomic E-state index is 10.3. The molecule has 0 saturated heterocycles. The Balaban J connectivity index is 1.89. The molecule has 0 aromatic heterocycles. The zero-order valence-corrected chi connectivity index (χ0v) is 12.0. The third-order valence-corrected chi connectivity index (χ3v) is 4.95. The van der Waals surface area contributed by atoms with Gasteiger partial charge in [0.05, 0.1) is 12.7 Å². The predicted octanol–water partition coefficient (Wildman–Crippen LogP) is 3.97. The molecule has 104 valence electrons. The van der Waals surface area contributed by atoms with Crippen LogP contribution in [-0.4, -0.2) is 12.2 Å². The van der Waals surface area contributed by atoms with E-state index in [1.54, 1.807) is 7.11 Å². The largest absolute Gasteiger partial charge is 0.496 e. The molecule has 1 aromatic carbocycles. The zero-order chi connectivity index (χ0) is 13.5. The second kappa shape index (κ2) is 4.82. The molecule has 2 aliphatic rings. The third-order valence-electron chi connectivity index (χ3n) is 4.95. The quantitative estimate of drug-likeness (QED) is 0.891. The van der Waals surface area contributed by atoms with Gasteiger partial charge in [-0.05, 0) is 60.8 Å². The Morgan fingerprint density at radius 3 is 2.42 bits per heavy atom. The Labute approximate surface area is 115 Å². The van der Waals surface area contributed by atoms with Gasteiger partial charge >= 0.3 is 0 Å². The third kappa shape index (κ3) is 2.51. The summed E-state index contributed by atoms with van der Waals surface area (Å²) in [6, 6.07) is 6.27. The Kier molecular flexibility index (Phi) is 3.30. The van der Waals surface area contributed by atoms with E-state index in [1.165, 1.54) is 31.2 Å². The molecule has 0 spiro atoms. The molecule has 0 unspecified atom stereocenters. The molecule has 2 heteroatoms. The number of hydrogen-bond acceptors (Lipinski definition) is 2. The number of aliphatic hydroxyl groups is 1. The van der Waals surface area contributed by atoms with Gasteiger partial charge in [0.25, 0.3) is 0 Å². The van der Waals surface area contributed by atoms with E-state index in [-0.39, 0.29) is 0 Å². The summed E-state index contributed by atoms with van der Waals surface area (Å²) in [5.41, 5.74) is 1.86. The van der Waals surface area contributed by atoms with Crippen molar-refractivity contribution in [2.45, 2.75) is 57.0 Å². The minimum Gasteiger partial charge on any atom is -0.496 e. The summed E-state index contributed by atoms with van der Waals surface area (Å²) in [6.45, 7) is 2.34. The van der Waals surface area contributed by atoms with E-state index >= 15 is 0 Å². The molecule has 2 aliphatic carbocycles. The van der Waals surface area contributed by atoms with E-state index in [0.717, 1.165) is 30.1 Å². The summed E-state index contributed by atoms with van der Waals surface area (Å²) in [6.07, 6.45) is 6.92. The molecule has 3 rings (SSSR count). The standard InChI is InChI=1S/C17H24O2/c1-12-3-5-13(6-4-12)15-11-14(17(18)9-10-17)7-8-16(15)19-2/h7-8,11-13,18H,3-6,9-10H2,1-2H3. The Bertz CT molecular complexity index is 454. The number of ether oxygens (including phenoxy) is 1. The van der Waals surface area contributed by atoms with Crippen molar-refractivity contribution in [2.24, 2.45) is 5.92 Å². The van der Waals surface area contributed by atoms with Crippen LogP contribution in [0.1, 0.15) is 62.5 Å². The van der Waals surface area contributed by atoms with Crippen molar-refractivity contribution in [1.82, 2.24) is 0 Å². The van der Waals surface area contributed by atoms with E-state index in [2.05, 4.69) is 13.0 Å². The van der Waals surface area contributed by atoms with E-state index in [0.29, 0.717) is 5.92 Å². The second-order valence-electron chi connectivity index (χ2n) is 6.45. The average Bonchev–Trinajstić information content (AvgIpc) is 3.18. The van der Waals surface area contributed by atoms with Crippen molar-refractivity contribution in [3.05, 3.63) is 29.3 Å². The van der Waals surface area contributed by atoms with Crippen LogP contribution < -0.4 is 4.74 Å². The fourth-order valence-corrected chi connectivity index (χ4v) is 3.32. The first-order valence-electron chi connectivity index (χ1n) is 7.53. The summed E-state index contributed by atoms with van der Waals surface area (Å²) >= 11 is 0. The van der Waals surface area contributed by atoms with Crippen molar-refractivity contribution in [3.8, 4) is 5.75 Å². The first kappa shape index (κ1) is 13.0. The SMILES string of the molecule is COc1ccc(C2(O)CC2)cc1C1CCC(C)CC1. The summed E-state index contributed by atoms with van der Waals surface area (Å²) in [7, 11) is 1.75. The van der Waals surface area contributed by atoms with Crippen LogP contribution in [0.5, 0.6) is 5.75 Å². The lowest BCUT2D eigenvalue weighted by Gasteiger charge is -2.28. The highest BCUT2D eigenvalue weighted by Gasteiger charge is 2.42. The van der Waals surface area contributed by atoms with Gasteiger partial charge < -0.3 is 9.84 Å². The molecule has 0 radical (unpaired) electrons. The lowest BCUT2D eigenvalue weighted by molar-refractivity contribution is 0.151. The number of benzene rings is 1. The van der Waals surface area contributed by atoms with Gasteiger partial charge in [-0.1, -0.05) is 25.8 Å². The molecule has 1 aromatic rings. The smallest absolute Gasteiger partial charge is 0.122 e. The molecule has 1 N–H and O–H groups in total. The minimum atomic E-state index is -0.539. The van der Waals surface area contributed by atoms with Gasteiger partial charge in [-0.2, -0.15) is 0 Å². The lowest BCUT2D eigenvalue weighted by atomic mass is 9.78. The van der Waals surface area contributed by atoms with Crippen molar-refractivity contribution >= 4 is 0 Å². The Morgan fingerprint density at radius 1 is 1.16 bits per heavy atom. The molecule has 2 nitrogen and oxygen atoms in total. The van der Waals surface area contributed by atoms with Gasteiger partial charge in [-0.3, -0.25) is 0 Å². The zero-order valence-electron chi connectivity index (χ0n) is 12.0. The van der Waals surface area contributed by atoms with Gasteiger partial charge in [0.2, 0.25) is 0 Å². The van der Waals surface area contributed by atoms with Crippen LogP contribution in [0.15, 0.2) is 18.2 Å². The molecule has 2 saturated carbocycles. The Morgan fingerprint density at radius 2 is 1.84 bits per heavy atom. The monoisotopic (exact) mass is 260 g/mol. The van der Waals surface area contributed by atoms with Crippen LogP contribution >= 0.6 is 0 Å². The summed E-state index contributed by atoms with van der Waals surface area (Å²) in [5.74, 6) is 2.46. The van der Waals surface area contributed by atoms with Gasteiger partial charge in [-0.15, -0.1) is 0 Å². The van der Waals surface area contributed by atoms with Gasteiger partial charge in [-0.25, -0.2) is 0 Å². The summed E-state index contributed by atoms with van der Waals surface area (Å²) < 4.78 is 5.53. The van der Waals surface area contributed by atoms with Crippen LogP contribution in [0, 0.1) is 5.92 Å². The van der Waals surface area contributed by atoms with E-state index in [4.69, 9.17) is 4.74 Å². The molecule has 0 bridgehead atoms. The van der Waals surface area contributed by atoms with Crippen LogP contribution in [0.2, 0.25) is 0 Å². The first-order chi connectivity index (χ1) is 9.12. The van der Waals surface area contributed by atoms with Gasteiger partial charge in [0, 0.05) is 0 Å². The summed E-state index contributed by atoms with van der Waals surface area (Å²) in [4.78, 5) is 0. The molecule has 0 amide bonds. The van der Waals surface area contributed by atoms with Crippen molar-refractivity contribution in [2.75, 3.05) is 7.11 Å². The fourth-order valence-electron chi connectivity index (χ4n) is 3.32. The van der Waals surface area contributed by atoms with Crippen molar-refractivity contribution in [1.29, 1.82) is 0 Å². The van der Waals surface area contributed by atoms with E-state index < -0.39 is 5.60 Å². The normalized spacial score (nSPS) is 29.0. The number of rotatable bonds is 3. The minimum absolute atomic E-state index is 0.539. The highest BCUT2D eigenvalue weighted by atomic mass is 16.5. The molecule has 0 aliphatic heterocycles. The maximum Gasteiger partial charge on any atom is 0.122 e. The van der Waals surface area contributed by atoms with E-state index in [1.807, 2.05) is 12.1 Å². The highest BCUT2D eigenvalue weighted by molar-refractivity contribution is 5.43. The van der Waals surface area contributed by atoms with E-state index in [9.17, 15) is 5.11 Å². The van der Waals surface area contributed by atoms with Crippen LogP contribution in [0.25, 0.3) is 0 Å². The Hall–Kier alpha value is -1.02. The van der Waals surface area contributed by atoms with Gasteiger partial charge in [0.1, 0.15) is 5.75 Å². The highest BCUT2D eigenvalue weighted by Crippen LogP contribution is 2.48. The average molecular weight is 260 g/mol. The molecule has 0 atom stereocenters. The number of methoxy groups -OCH3 is 1. The molecular weight excluding hydrogens is 236 g/mol. The van der Waals surface area contributed by atoms with Crippen molar-refractivity contribution in [3.63, 3.8) is 0 Å². The van der Waals surface area contributed by atoms with Crippen LogP contribution in [0.3, 0.4) is 0 Å². The van der Waals surface area contributed by atoms with Crippen LogP contribution in [0.4, 0.5) is 0 Å². The molecule has 19 heavy (non-hydrogen) atoms. The fraction of sp³-hybridized carbons (Fsp3) is 0.647. The second-order valence-corrected chi connectivity index (χ2v) is 6.45.